The molecule has 100 valence electrons. The molecule has 17 heavy (non-hydrogen) atoms. The highest BCUT2D eigenvalue weighted by molar-refractivity contribution is 6.28. The maximum Gasteiger partial charge on any atom is 0.193 e. The van der Waals surface area contributed by atoms with Gasteiger partial charge in [0.1, 0.15) is 5.76 Å². The molecule has 5 heteroatoms. The van der Waals surface area contributed by atoms with Crippen molar-refractivity contribution in [2.45, 2.75) is 32.9 Å². The predicted molar refractivity (Wildman–Crippen MR) is 75.1 cm³/mol. The Labute approximate surface area is 115 Å². The smallest absolute Gasteiger partial charge is 0.193 e. The Balaban J connectivity index is 0.00000256. The van der Waals surface area contributed by atoms with E-state index in [1.54, 1.807) is 6.07 Å². The summed E-state index contributed by atoms with van der Waals surface area (Å²) >= 11 is 5.68. The zero-order chi connectivity index (χ0) is 12.0. The molecule has 1 rings (SSSR count). The van der Waals surface area contributed by atoms with Gasteiger partial charge >= 0.3 is 0 Å². The highest BCUT2D eigenvalue weighted by Gasteiger charge is 2.05. The summed E-state index contributed by atoms with van der Waals surface area (Å²) in [4.78, 5) is 2.35. The van der Waals surface area contributed by atoms with Crippen molar-refractivity contribution in [3.8, 4) is 0 Å². The minimum atomic E-state index is 0. The first-order chi connectivity index (χ1) is 7.63. The van der Waals surface area contributed by atoms with Crippen molar-refractivity contribution in [3.63, 3.8) is 0 Å². The minimum Gasteiger partial charge on any atom is -0.448 e. The molecule has 0 fully saturated rings. The van der Waals surface area contributed by atoms with Crippen LogP contribution in [0.25, 0.3) is 0 Å². The van der Waals surface area contributed by atoms with Gasteiger partial charge in [-0.15, -0.1) is 12.4 Å². The summed E-state index contributed by atoms with van der Waals surface area (Å²) in [6.07, 6.45) is 1.18. The molecule has 0 bridgehead atoms. The maximum atomic E-state index is 5.68. The maximum absolute atomic E-state index is 5.68. The fraction of sp³-hybridized carbons (Fsp3) is 0.667. The van der Waals surface area contributed by atoms with E-state index in [1.165, 1.54) is 6.42 Å². The number of rotatable bonds is 7. The molecule has 0 aliphatic rings. The molecule has 1 aromatic rings. The zero-order valence-corrected chi connectivity index (χ0v) is 12.3. The molecular weight excluding hydrogens is 259 g/mol. The first-order valence-electron chi connectivity index (χ1n) is 5.78. The van der Waals surface area contributed by atoms with E-state index in [4.69, 9.17) is 16.0 Å². The van der Waals surface area contributed by atoms with E-state index in [1.807, 2.05) is 6.07 Å². The van der Waals surface area contributed by atoms with E-state index in [0.29, 0.717) is 11.3 Å². The average Bonchev–Trinajstić information content (AvgIpc) is 2.69. The van der Waals surface area contributed by atoms with Crippen molar-refractivity contribution < 1.29 is 4.42 Å². The fourth-order valence-corrected chi connectivity index (χ4v) is 1.61. The van der Waals surface area contributed by atoms with E-state index in [-0.39, 0.29) is 12.4 Å². The van der Waals surface area contributed by atoms with Crippen LogP contribution in [0, 0.1) is 0 Å². The van der Waals surface area contributed by atoms with E-state index in [9.17, 15) is 0 Å². The molecule has 0 spiro atoms. The Morgan fingerprint density at radius 3 is 2.71 bits per heavy atom. The largest absolute Gasteiger partial charge is 0.448 e. The lowest BCUT2D eigenvalue weighted by molar-refractivity contribution is 0.251. The molecule has 0 aliphatic carbocycles. The normalized spacial score (nSPS) is 12.5. The van der Waals surface area contributed by atoms with Gasteiger partial charge in [0.25, 0.3) is 0 Å². The number of nitrogens with one attached hydrogen (secondary N) is 1. The molecule has 1 aromatic heterocycles. The van der Waals surface area contributed by atoms with Crippen molar-refractivity contribution in [2.75, 3.05) is 20.1 Å². The average molecular weight is 281 g/mol. The van der Waals surface area contributed by atoms with Gasteiger partial charge in [0.15, 0.2) is 5.22 Å². The lowest BCUT2D eigenvalue weighted by Crippen LogP contribution is -2.34. The second kappa shape index (κ2) is 8.81. The third-order valence-corrected chi connectivity index (χ3v) is 3.12. The van der Waals surface area contributed by atoms with Crippen LogP contribution in [0.15, 0.2) is 16.5 Å². The van der Waals surface area contributed by atoms with Gasteiger partial charge in [0.05, 0.1) is 6.54 Å². The lowest BCUT2D eigenvalue weighted by Gasteiger charge is -2.23. The van der Waals surface area contributed by atoms with Gasteiger partial charge in [-0.1, -0.05) is 6.92 Å². The Hall–Kier alpha value is -0.220. The molecule has 1 unspecified atom stereocenters. The van der Waals surface area contributed by atoms with Gasteiger partial charge in [-0.25, -0.2) is 0 Å². The van der Waals surface area contributed by atoms with Crippen molar-refractivity contribution in [2.24, 2.45) is 0 Å². The second-order valence-electron chi connectivity index (χ2n) is 4.12. The number of hydrogen-bond donors (Lipinski definition) is 1. The van der Waals surface area contributed by atoms with Crippen LogP contribution in [0.3, 0.4) is 0 Å². The van der Waals surface area contributed by atoms with Crippen LogP contribution in [-0.4, -0.2) is 31.1 Å². The summed E-state index contributed by atoms with van der Waals surface area (Å²) in [5.41, 5.74) is 0. The Bertz CT molecular complexity index is 304. The van der Waals surface area contributed by atoms with Gasteiger partial charge in [0, 0.05) is 19.1 Å². The molecule has 0 amide bonds. The highest BCUT2D eigenvalue weighted by atomic mass is 35.5. The number of furan rings is 1. The highest BCUT2D eigenvalue weighted by Crippen LogP contribution is 2.12. The molecule has 0 aromatic carbocycles. The van der Waals surface area contributed by atoms with Crippen LogP contribution in [-0.2, 0) is 6.54 Å². The van der Waals surface area contributed by atoms with Crippen molar-refractivity contribution >= 4 is 24.0 Å². The Morgan fingerprint density at radius 1 is 1.47 bits per heavy atom. The summed E-state index contributed by atoms with van der Waals surface area (Å²) < 4.78 is 5.25. The topological polar surface area (TPSA) is 28.4 Å². The van der Waals surface area contributed by atoms with Gasteiger partial charge in [-0.2, -0.15) is 0 Å². The molecule has 1 heterocycles. The lowest BCUT2D eigenvalue weighted by atomic mass is 10.2. The van der Waals surface area contributed by atoms with Gasteiger partial charge < -0.3 is 14.6 Å². The molecule has 3 nitrogen and oxygen atoms in total. The standard InChI is InChI=1S/C12H21ClN2O.ClH/c1-4-10(2)15(3)8-7-14-9-11-5-6-12(13)16-11;/h5-6,10,14H,4,7-9H2,1-3H3;1H. The third-order valence-electron chi connectivity index (χ3n) is 2.91. The molecule has 0 saturated heterocycles. The minimum absolute atomic E-state index is 0. The number of nitrogens with zero attached hydrogens (tertiary/aromatic N) is 1. The van der Waals surface area contributed by atoms with E-state index >= 15 is 0 Å². The molecule has 1 atom stereocenters. The SMILES string of the molecule is CCC(C)N(C)CCNCc1ccc(Cl)o1.Cl. The molecular formula is C12H22Cl2N2O. The number of halogens is 2. The van der Waals surface area contributed by atoms with Crippen LogP contribution >= 0.6 is 24.0 Å². The number of likely N-dealkylation sites (N-methyl/N-ethyl adjacent to an activating group) is 1. The van der Waals surface area contributed by atoms with Crippen LogP contribution in [0.1, 0.15) is 26.0 Å². The molecule has 1 N–H and O–H groups in total. The van der Waals surface area contributed by atoms with Crippen LogP contribution in [0.2, 0.25) is 5.22 Å². The van der Waals surface area contributed by atoms with Gasteiger partial charge in [0.2, 0.25) is 0 Å². The monoisotopic (exact) mass is 280 g/mol. The summed E-state index contributed by atoms with van der Waals surface area (Å²) in [6, 6.07) is 4.30. The van der Waals surface area contributed by atoms with Crippen LogP contribution in [0.5, 0.6) is 0 Å². The van der Waals surface area contributed by atoms with E-state index < -0.39 is 0 Å². The molecule has 0 saturated carbocycles. The summed E-state index contributed by atoms with van der Waals surface area (Å²) in [6.45, 7) is 7.19. The summed E-state index contributed by atoms with van der Waals surface area (Å²) in [5, 5.41) is 3.78. The quantitative estimate of drug-likeness (QED) is 0.778. The first kappa shape index (κ1) is 16.8. The second-order valence-corrected chi connectivity index (χ2v) is 4.49. The Morgan fingerprint density at radius 2 is 2.18 bits per heavy atom. The van der Waals surface area contributed by atoms with Gasteiger partial charge in [-0.05, 0) is 44.1 Å². The van der Waals surface area contributed by atoms with Crippen LogP contribution in [0.4, 0.5) is 0 Å². The molecule has 0 radical (unpaired) electrons. The van der Waals surface area contributed by atoms with E-state index in [2.05, 4.69) is 31.1 Å². The molecule has 0 aliphatic heterocycles. The summed E-state index contributed by atoms with van der Waals surface area (Å²) in [5.74, 6) is 0.885. The van der Waals surface area contributed by atoms with Gasteiger partial charge in [-0.3, -0.25) is 0 Å². The Kier molecular flexibility index (Phi) is 8.70. The van der Waals surface area contributed by atoms with E-state index in [0.717, 1.165) is 25.4 Å². The summed E-state index contributed by atoms with van der Waals surface area (Å²) in [7, 11) is 2.15. The third kappa shape index (κ3) is 6.32. The number of hydrogen-bond acceptors (Lipinski definition) is 3. The zero-order valence-electron chi connectivity index (χ0n) is 10.7. The van der Waals surface area contributed by atoms with Crippen molar-refractivity contribution in [3.05, 3.63) is 23.1 Å². The van der Waals surface area contributed by atoms with Crippen molar-refractivity contribution in [1.29, 1.82) is 0 Å². The van der Waals surface area contributed by atoms with Crippen molar-refractivity contribution in [1.82, 2.24) is 10.2 Å². The fourth-order valence-electron chi connectivity index (χ4n) is 1.45. The first-order valence-corrected chi connectivity index (χ1v) is 6.16. The van der Waals surface area contributed by atoms with Crippen LogP contribution < -0.4 is 5.32 Å². The predicted octanol–water partition coefficient (Wildman–Crippen LogP) is 3.17.